The van der Waals surface area contributed by atoms with Crippen LogP contribution in [0.1, 0.15) is 79.1 Å². The molecule has 0 radical (unpaired) electrons. The molecule has 202 valence electrons. The molecule has 3 unspecified atom stereocenters. The van der Waals surface area contributed by atoms with Gasteiger partial charge in [-0.1, -0.05) is 54.3 Å². The summed E-state index contributed by atoms with van der Waals surface area (Å²) in [5.74, 6) is -0.635. The van der Waals surface area contributed by atoms with Gasteiger partial charge in [0.2, 0.25) is 0 Å². The van der Waals surface area contributed by atoms with Crippen LogP contribution < -0.4 is 0 Å². The lowest BCUT2D eigenvalue weighted by Gasteiger charge is -2.26. The van der Waals surface area contributed by atoms with Crippen molar-refractivity contribution in [2.45, 2.75) is 70.2 Å². The van der Waals surface area contributed by atoms with Gasteiger partial charge in [0.15, 0.2) is 0 Å². The van der Waals surface area contributed by atoms with E-state index in [0.29, 0.717) is 40.8 Å². The maximum absolute atomic E-state index is 14.7. The molecule has 9 heteroatoms. The van der Waals surface area contributed by atoms with E-state index in [1.165, 1.54) is 12.1 Å². The lowest BCUT2D eigenvalue weighted by molar-refractivity contribution is 0.00766. The van der Waals surface area contributed by atoms with E-state index in [9.17, 15) is 14.3 Å². The van der Waals surface area contributed by atoms with Crippen LogP contribution in [0.25, 0.3) is 11.3 Å². The van der Waals surface area contributed by atoms with Crippen molar-refractivity contribution in [2.75, 3.05) is 0 Å². The molecule has 2 aliphatic carbocycles. The van der Waals surface area contributed by atoms with Gasteiger partial charge in [-0.15, -0.1) is 0 Å². The average molecular weight is 562 g/mol. The van der Waals surface area contributed by atoms with Gasteiger partial charge in [-0.3, -0.25) is 0 Å². The highest BCUT2D eigenvalue weighted by Gasteiger charge is 2.50. The fraction of sp³-hybridized carbons (Fsp3) is 0.448. The summed E-state index contributed by atoms with van der Waals surface area (Å²) < 4.78 is 26.9. The van der Waals surface area contributed by atoms with Gasteiger partial charge in [0.05, 0.1) is 33.9 Å². The first-order chi connectivity index (χ1) is 18.1. The van der Waals surface area contributed by atoms with E-state index < -0.39 is 17.4 Å². The zero-order valence-electron chi connectivity index (χ0n) is 21.2. The highest BCUT2D eigenvalue weighted by atomic mass is 35.5. The van der Waals surface area contributed by atoms with E-state index in [1.54, 1.807) is 18.2 Å². The van der Waals surface area contributed by atoms with Crippen molar-refractivity contribution in [3.8, 4) is 11.3 Å². The molecule has 3 aromatic rings. The van der Waals surface area contributed by atoms with Crippen LogP contribution in [0, 0.1) is 17.7 Å². The highest BCUT2D eigenvalue weighted by Crippen LogP contribution is 2.54. The van der Waals surface area contributed by atoms with Gasteiger partial charge in [-0.05, 0) is 68.2 Å². The SMILES string of the molecule is CCC(C)c1onc(-c2c(Cl)cccc2Cl)c1COC1C[C@@H]2CC(O)(c3ccc(C(=O)O)cc3F)C[C@@H]2C1. The third-order valence-corrected chi connectivity index (χ3v) is 8.89. The smallest absolute Gasteiger partial charge is 0.335 e. The minimum Gasteiger partial charge on any atom is -0.478 e. The summed E-state index contributed by atoms with van der Waals surface area (Å²) in [4.78, 5) is 11.2. The predicted molar refractivity (Wildman–Crippen MR) is 142 cm³/mol. The molecule has 1 heterocycles. The first-order valence-electron chi connectivity index (χ1n) is 12.9. The molecule has 0 saturated heterocycles. The second-order valence-electron chi connectivity index (χ2n) is 10.6. The van der Waals surface area contributed by atoms with Crippen LogP contribution in [-0.4, -0.2) is 27.4 Å². The molecule has 2 fully saturated rings. The van der Waals surface area contributed by atoms with Crippen molar-refractivity contribution < 1.29 is 28.7 Å². The molecule has 38 heavy (non-hydrogen) atoms. The van der Waals surface area contributed by atoms with Crippen LogP contribution in [0.15, 0.2) is 40.9 Å². The Morgan fingerprint density at radius 2 is 1.87 bits per heavy atom. The van der Waals surface area contributed by atoms with Crippen molar-refractivity contribution in [3.63, 3.8) is 0 Å². The maximum Gasteiger partial charge on any atom is 0.335 e. The minimum atomic E-state index is -1.31. The normalized spacial score (nSPS) is 25.5. The molecule has 6 nitrogen and oxygen atoms in total. The number of hydrogen-bond donors (Lipinski definition) is 2. The minimum absolute atomic E-state index is 0.0250. The largest absolute Gasteiger partial charge is 0.478 e. The van der Waals surface area contributed by atoms with Crippen LogP contribution in [-0.2, 0) is 16.9 Å². The molecular formula is C29H30Cl2FNO5. The Bertz CT molecular complexity index is 1320. The summed E-state index contributed by atoms with van der Waals surface area (Å²) in [5, 5.41) is 25.7. The number of fused-ring (bicyclic) bond motifs is 1. The number of benzene rings is 2. The standard InChI is InChI=1S/C29H30Cl2FNO5/c1-3-15(2)27-20(26(33-38-27)25-22(30)5-4-6-23(25)31)14-37-19-9-17-12-29(36,13-18(17)10-19)21-8-7-16(28(34)35)11-24(21)32/h4-8,11,15,17-19,36H,3,9-10,12-14H2,1-2H3,(H,34,35)/t15?,17-,18+,19?,29?. The number of nitrogens with zero attached hydrogens (tertiary/aromatic N) is 1. The third-order valence-electron chi connectivity index (χ3n) is 8.26. The number of rotatable bonds is 8. The second kappa shape index (κ2) is 10.6. The molecule has 1 aromatic heterocycles. The quantitative estimate of drug-likeness (QED) is 0.294. The summed E-state index contributed by atoms with van der Waals surface area (Å²) in [6.45, 7) is 4.45. The number of carboxylic acids is 1. The van der Waals surface area contributed by atoms with Crippen LogP contribution in [0.3, 0.4) is 0 Å². The van der Waals surface area contributed by atoms with E-state index in [1.807, 2.05) is 0 Å². The van der Waals surface area contributed by atoms with Gasteiger partial charge in [0, 0.05) is 22.6 Å². The van der Waals surface area contributed by atoms with Gasteiger partial charge >= 0.3 is 5.97 Å². The number of carboxylic acid groups (broad SMARTS) is 1. The van der Waals surface area contributed by atoms with E-state index in [0.717, 1.165) is 36.7 Å². The molecule has 5 atom stereocenters. The second-order valence-corrected chi connectivity index (χ2v) is 11.5. The Morgan fingerprint density at radius 1 is 1.21 bits per heavy atom. The Balaban J connectivity index is 1.30. The lowest BCUT2D eigenvalue weighted by atomic mass is 9.88. The Hall–Kier alpha value is -2.45. The van der Waals surface area contributed by atoms with Crippen molar-refractivity contribution in [1.82, 2.24) is 5.16 Å². The van der Waals surface area contributed by atoms with Crippen LogP contribution >= 0.6 is 23.2 Å². The molecule has 5 rings (SSSR count). The Morgan fingerprint density at radius 3 is 2.45 bits per heavy atom. The molecule has 2 saturated carbocycles. The molecule has 0 amide bonds. The monoisotopic (exact) mass is 561 g/mol. The summed E-state index contributed by atoms with van der Waals surface area (Å²) in [7, 11) is 0. The zero-order valence-corrected chi connectivity index (χ0v) is 22.7. The Labute approximate surface area is 230 Å². The number of hydrogen-bond acceptors (Lipinski definition) is 5. The van der Waals surface area contributed by atoms with Crippen molar-refractivity contribution in [3.05, 3.63) is 74.7 Å². The summed E-state index contributed by atoms with van der Waals surface area (Å²) in [6, 6.07) is 9.04. The van der Waals surface area contributed by atoms with Gasteiger partial charge < -0.3 is 19.5 Å². The molecule has 2 aromatic carbocycles. The van der Waals surface area contributed by atoms with Gasteiger partial charge in [0.1, 0.15) is 17.3 Å². The molecule has 0 aliphatic heterocycles. The van der Waals surface area contributed by atoms with Crippen molar-refractivity contribution >= 4 is 29.2 Å². The molecular weight excluding hydrogens is 532 g/mol. The molecule has 2 N–H and O–H groups in total. The van der Waals surface area contributed by atoms with Crippen molar-refractivity contribution in [2.24, 2.45) is 11.8 Å². The fourth-order valence-electron chi connectivity index (χ4n) is 6.14. The van der Waals surface area contributed by atoms with Gasteiger partial charge in [-0.2, -0.15) is 0 Å². The van der Waals surface area contributed by atoms with E-state index in [2.05, 4.69) is 19.0 Å². The molecule has 0 bridgehead atoms. The van der Waals surface area contributed by atoms with E-state index in [4.69, 9.17) is 37.6 Å². The first-order valence-corrected chi connectivity index (χ1v) is 13.7. The first kappa shape index (κ1) is 27.1. The van der Waals surface area contributed by atoms with Crippen LogP contribution in [0.5, 0.6) is 0 Å². The molecule has 0 spiro atoms. The number of aromatic carboxylic acids is 1. The number of aromatic nitrogens is 1. The van der Waals surface area contributed by atoms with Crippen LogP contribution in [0.2, 0.25) is 10.0 Å². The average Bonchev–Trinajstić information content (AvgIpc) is 3.53. The summed E-state index contributed by atoms with van der Waals surface area (Å²) in [5.41, 5.74) is 0.764. The van der Waals surface area contributed by atoms with Crippen molar-refractivity contribution in [1.29, 1.82) is 0 Å². The molecule has 2 aliphatic rings. The number of ether oxygens (including phenoxy) is 1. The number of aliphatic hydroxyl groups is 1. The Kier molecular flexibility index (Phi) is 7.57. The maximum atomic E-state index is 14.7. The third kappa shape index (κ3) is 4.97. The summed E-state index contributed by atoms with van der Waals surface area (Å²) in [6.07, 6.45) is 3.15. The number of carbonyl (C=O) groups is 1. The zero-order chi connectivity index (χ0) is 27.2. The lowest BCUT2D eigenvalue weighted by Crippen LogP contribution is -2.25. The topological polar surface area (TPSA) is 92.8 Å². The fourth-order valence-corrected chi connectivity index (χ4v) is 6.72. The van der Waals surface area contributed by atoms with E-state index in [-0.39, 0.29) is 35.0 Å². The van der Waals surface area contributed by atoms with E-state index >= 15 is 0 Å². The number of halogens is 3. The van der Waals surface area contributed by atoms with Crippen LogP contribution in [0.4, 0.5) is 4.39 Å². The van der Waals surface area contributed by atoms with Gasteiger partial charge in [0.25, 0.3) is 0 Å². The summed E-state index contributed by atoms with van der Waals surface area (Å²) >= 11 is 13.0. The highest BCUT2D eigenvalue weighted by molar-refractivity contribution is 6.39. The predicted octanol–water partition coefficient (Wildman–Crippen LogP) is 7.59. The van der Waals surface area contributed by atoms with Gasteiger partial charge in [-0.25, -0.2) is 9.18 Å².